The van der Waals surface area contributed by atoms with E-state index in [1.807, 2.05) is 6.92 Å². The van der Waals surface area contributed by atoms with E-state index >= 15 is 0 Å². The molecule has 102 valence electrons. The number of aromatic nitrogens is 2. The number of hydrogen-bond acceptors (Lipinski definition) is 1. The van der Waals surface area contributed by atoms with Crippen LogP contribution < -0.4 is 0 Å². The van der Waals surface area contributed by atoms with Gasteiger partial charge >= 0.3 is 0 Å². The fourth-order valence-corrected chi connectivity index (χ4v) is 3.78. The summed E-state index contributed by atoms with van der Waals surface area (Å²) >= 11 is 8.72. The highest BCUT2D eigenvalue weighted by molar-refractivity contribution is 14.1. The maximum Gasteiger partial charge on any atom is 0.128 e. The van der Waals surface area contributed by atoms with E-state index in [4.69, 9.17) is 16.6 Å². The van der Waals surface area contributed by atoms with Crippen molar-refractivity contribution in [3.05, 3.63) is 27.6 Å². The summed E-state index contributed by atoms with van der Waals surface area (Å²) in [5.41, 5.74) is 2.57. The molecule has 1 heterocycles. The molecule has 4 heteroatoms. The summed E-state index contributed by atoms with van der Waals surface area (Å²) in [4.78, 5) is 4.80. The largest absolute Gasteiger partial charge is 0.321 e. The third-order valence-electron chi connectivity index (χ3n) is 4.41. The van der Waals surface area contributed by atoms with Gasteiger partial charge in [0.1, 0.15) is 5.82 Å². The minimum absolute atomic E-state index is 0.0471. The number of halogens is 2. The van der Waals surface area contributed by atoms with Crippen LogP contribution in [0.4, 0.5) is 0 Å². The number of benzene rings is 1. The molecule has 3 rings (SSSR count). The van der Waals surface area contributed by atoms with E-state index in [0.29, 0.717) is 0 Å². The van der Waals surface area contributed by atoms with E-state index in [1.54, 1.807) is 0 Å². The van der Waals surface area contributed by atoms with Crippen LogP contribution in [0.25, 0.3) is 11.0 Å². The van der Waals surface area contributed by atoms with Gasteiger partial charge in [0.15, 0.2) is 0 Å². The van der Waals surface area contributed by atoms with Crippen molar-refractivity contribution in [2.75, 3.05) is 0 Å². The molecule has 1 aromatic carbocycles. The van der Waals surface area contributed by atoms with Crippen LogP contribution in [0.15, 0.2) is 18.2 Å². The third-order valence-corrected chi connectivity index (χ3v) is 5.28. The summed E-state index contributed by atoms with van der Waals surface area (Å²) in [7, 11) is 0. The Bertz CT molecular complexity index is 608. The molecule has 0 aliphatic heterocycles. The van der Waals surface area contributed by atoms with E-state index in [9.17, 15) is 0 Å². The summed E-state index contributed by atoms with van der Waals surface area (Å²) in [6, 6.07) is 6.51. The van der Waals surface area contributed by atoms with Gasteiger partial charge in [-0.2, -0.15) is 0 Å². The lowest BCUT2D eigenvalue weighted by molar-refractivity contribution is 0.137. The topological polar surface area (TPSA) is 17.8 Å². The average molecular weight is 389 g/mol. The molecule has 1 unspecified atom stereocenters. The predicted molar refractivity (Wildman–Crippen MR) is 88.8 cm³/mol. The third kappa shape index (κ3) is 2.09. The van der Waals surface area contributed by atoms with E-state index in [-0.39, 0.29) is 10.9 Å². The van der Waals surface area contributed by atoms with Crippen molar-refractivity contribution in [3.8, 4) is 0 Å². The summed E-state index contributed by atoms with van der Waals surface area (Å²) in [6.07, 6.45) is 4.96. The van der Waals surface area contributed by atoms with E-state index in [2.05, 4.69) is 52.3 Å². The van der Waals surface area contributed by atoms with Crippen molar-refractivity contribution in [2.45, 2.75) is 50.4 Å². The Labute approximate surface area is 132 Å². The molecule has 19 heavy (non-hydrogen) atoms. The Hall–Kier alpha value is -0.290. The number of imidazole rings is 1. The van der Waals surface area contributed by atoms with Crippen molar-refractivity contribution < 1.29 is 0 Å². The normalized spacial score (nSPS) is 19.4. The monoisotopic (exact) mass is 388 g/mol. The highest BCUT2D eigenvalue weighted by Gasteiger charge is 2.40. The molecular weight excluding hydrogens is 371 g/mol. The second-order valence-electron chi connectivity index (χ2n) is 5.49. The standard InChI is InChI=1S/C15H18ClIN2/c1-3-15(7-4-8-15)19-13-6-5-11(17)9-12(13)18-14(19)10(2)16/h5-6,9-10H,3-4,7-8H2,1-2H3. The minimum atomic E-state index is -0.0471. The van der Waals surface area contributed by atoms with Crippen LogP contribution in [0.2, 0.25) is 0 Å². The first-order valence-corrected chi connectivity index (χ1v) is 8.41. The Balaban J connectivity index is 2.28. The first-order valence-electron chi connectivity index (χ1n) is 6.90. The van der Waals surface area contributed by atoms with E-state index in [1.165, 1.54) is 28.3 Å². The molecule has 1 fully saturated rings. The fourth-order valence-electron chi connectivity index (χ4n) is 3.16. The zero-order valence-electron chi connectivity index (χ0n) is 11.3. The van der Waals surface area contributed by atoms with E-state index in [0.717, 1.165) is 17.8 Å². The second kappa shape index (κ2) is 4.92. The van der Waals surface area contributed by atoms with Crippen molar-refractivity contribution in [3.63, 3.8) is 0 Å². The SMILES string of the molecule is CCC1(n2c(C(C)Cl)nc3cc(I)ccc32)CCC1. The number of rotatable bonds is 3. The Kier molecular flexibility index (Phi) is 3.54. The van der Waals surface area contributed by atoms with Gasteiger partial charge in [0, 0.05) is 9.11 Å². The van der Waals surface area contributed by atoms with Crippen LogP contribution in [-0.4, -0.2) is 9.55 Å². The summed E-state index contributed by atoms with van der Waals surface area (Å²) in [5, 5.41) is -0.0471. The molecule has 2 aromatic rings. The van der Waals surface area contributed by atoms with Crippen LogP contribution in [-0.2, 0) is 5.54 Å². The molecule has 0 amide bonds. The van der Waals surface area contributed by atoms with Crippen LogP contribution in [0.3, 0.4) is 0 Å². The molecule has 0 saturated heterocycles. The maximum atomic E-state index is 6.38. The van der Waals surface area contributed by atoms with Gasteiger partial charge in [-0.25, -0.2) is 4.98 Å². The van der Waals surface area contributed by atoms with Crippen LogP contribution in [0.1, 0.15) is 50.7 Å². The molecule has 1 saturated carbocycles. The number of hydrogen-bond donors (Lipinski definition) is 0. The molecule has 1 aliphatic rings. The lowest BCUT2D eigenvalue weighted by Crippen LogP contribution is -2.41. The van der Waals surface area contributed by atoms with Crippen LogP contribution in [0.5, 0.6) is 0 Å². The van der Waals surface area contributed by atoms with Crippen LogP contribution in [0, 0.1) is 3.57 Å². The summed E-state index contributed by atoms with van der Waals surface area (Å²) in [6.45, 7) is 4.30. The van der Waals surface area contributed by atoms with Gasteiger partial charge in [-0.15, -0.1) is 11.6 Å². The molecule has 1 atom stereocenters. The Morgan fingerprint density at radius 1 is 1.47 bits per heavy atom. The van der Waals surface area contributed by atoms with Gasteiger partial charge in [-0.05, 0) is 73.4 Å². The summed E-state index contributed by atoms with van der Waals surface area (Å²) < 4.78 is 3.65. The first-order chi connectivity index (χ1) is 9.07. The quantitative estimate of drug-likeness (QED) is 0.520. The highest BCUT2D eigenvalue weighted by Crippen LogP contribution is 2.46. The average Bonchev–Trinajstić information content (AvgIpc) is 2.68. The van der Waals surface area contributed by atoms with Gasteiger partial charge in [-0.1, -0.05) is 6.92 Å². The zero-order chi connectivity index (χ0) is 13.6. The molecule has 0 spiro atoms. The zero-order valence-corrected chi connectivity index (χ0v) is 14.2. The smallest absolute Gasteiger partial charge is 0.128 e. The van der Waals surface area contributed by atoms with Gasteiger partial charge in [-0.3, -0.25) is 0 Å². The van der Waals surface area contributed by atoms with Gasteiger partial charge < -0.3 is 4.57 Å². The molecule has 0 bridgehead atoms. The number of fused-ring (bicyclic) bond motifs is 1. The molecule has 1 aliphatic carbocycles. The minimum Gasteiger partial charge on any atom is -0.321 e. The Morgan fingerprint density at radius 2 is 2.21 bits per heavy atom. The van der Waals surface area contributed by atoms with Gasteiger partial charge in [0.2, 0.25) is 0 Å². The number of nitrogens with zero attached hydrogens (tertiary/aromatic N) is 2. The predicted octanol–water partition coefficient (Wildman–Crippen LogP) is 5.23. The molecule has 0 radical (unpaired) electrons. The molecular formula is C15H18ClIN2. The summed E-state index contributed by atoms with van der Waals surface area (Å²) in [5.74, 6) is 1.03. The van der Waals surface area contributed by atoms with Crippen LogP contribution >= 0.6 is 34.2 Å². The first kappa shape index (κ1) is 13.7. The Morgan fingerprint density at radius 3 is 2.74 bits per heavy atom. The second-order valence-corrected chi connectivity index (χ2v) is 7.39. The maximum absolute atomic E-state index is 6.38. The fraction of sp³-hybridized carbons (Fsp3) is 0.533. The van der Waals surface area contributed by atoms with Crippen molar-refractivity contribution in [2.24, 2.45) is 0 Å². The molecule has 0 N–H and O–H groups in total. The van der Waals surface area contributed by atoms with E-state index < -0.39 is 0 Å². The molecule has 2 nitrogen and oxygen atoms in total. The van der Waals surface area contributed by atoms with Crippen molar-refractivity contribution in [1.82, 2.24) is 9.55 Å². The lowest BCUT2D eigenvalue weighted by Gasteiger charge is -2.44. The van der Waals surface area contributed by atoms with Crippen molar-refractivity contribution in [1.29, 1.82) is 0 Å². The van der Waals surface area contributed by atoms with Crippen molar-refractivity contribution >= 4 is 45.2 Å². The molecule has 1 aromatic heterocycles. The number of alkyl halides is 1. The lowest BCUT2D eigenvalue weighted by atomic mass is 9.74. The van der Waals surface area contributed by atoms with Gasteiger partial charge in [0.05, 0.1) is 16.4 Å². The van der Waals surface area contributed by atoms with Gasteiger partial charge in [0.25, 0.3) is 0 Å². The highest BCUT2D eigenvalue weighted by atomic mass is 127.